The van der Waals surface area contributed by atoms with Gasteiger partial charge in [-0.25, -0.2) is 4.98 Å². The zero-order chi connectivity index (χ0) is 20.9. The van der Waals surface area contributed by atoms with Crippen molar-refractivity contribution in [1.29, 1.82) is 0 Å². The van der Waals surface area contributed by atoms with E-state index in [4.69, 9.17) is 4.74 Å². The van der Waals surface area contributed by atoms with Crippen molar-refractivity contribution < 1.29 is 9.53 Å². The highest BCUT2D eigenvalue weighted by Crippen LogP contribution is 2.23. The molecule has 0 fully saturated rings. The van der Waals surface area contributed by atoms with Gasteiger partial charge in [-0.3, -0.25) is 9.48 Å². The smallest absolute Gasteiger partial charge is 0.266 e. The molecule has 2 aromatic carbocycles. The van der Waals surface area contributed by atoms with Crippen LogP contribution in [-0.4, -0.2) is 26.8 Å². The lowest BCUT2D eigenvalue weighted by atomic mass is 10.1. The predicted octanol–water partition coefficient (Wildman–Crippen LogP) is 4.56. The minimum absolute atomic E-state index is 0.259. The zero-order valence-electron chi connectivity index (χ0n) is 16.8. The Balaban J connectivity index is 1.36. The number of hydrogen-bond donors (Lipinski definition) is 1. The summed E-state index contributed by atoms with van der Waals surface area (Å²) in [6.45, 7) is 1.71. The van der Waals surface area contributed by atoms with Crippen LogP contribution in [0.15, 0.2) is 85.2 Å². The van der Waals surface area contributed by atoms with E-state index in [1.54, 1.807) is 25.4 Å². The number of carbonyl (C=O) groups excluding carboxylic acids is 1. The molecule has 1 unspecified atom stereocenters. The standard InChI is InChI=1S/C24H22N4O2/c1-17(30-21-11-8-19(9-12-21)22-14-15-26-28(22)2)24(29)27-23-13-10-20(16-25-23)18-6-4-3-5-7-18/h3-17H,1-2H3,(H,25,27,29). The summed E-state index contributed by atoms with van der Waals surface area (Å²) in [6.07, 6.45) is 2.84. The summed E-state index contributed by atoms with van der Waals surface area (Å²) in [7, 11) is 1.90. The molecule has 1 atom stereocenters. The molecule has 0 spiro atoms. The van der Waals surface area contributed by atoms with Gasteiger partial charge in [-0.1, -0.05) is 30.3 Å². The summed E-state index contributed by atoms with van der Waals surface area (Å²) < 4.78 is 7.59. The topological polar surface area (TPSA) is 69.0 Å². The molecule has 4 aromatic rings. The van der Waals surface area contributed by atoms with Crippen LogP contribution in [0.2, 0.25) is 0 Å². The lowest BCUT2D eigenvalue weighted by molar-refractivity contribution is -0.122. The van der Waals surface area contributed by atoms with Gasteiger partial charge in [0.1, 0.15) is 11.6 Å². The van der Waals surface area contributed by atoms with Crippen LogP contribution in [-0.2, 0) is 11.8 Å². The molecule has 0 aliphatic rings. The summed E-state index contributed by atoms with van der Waals surface area (Å²) in [4.78, 5) is 16.8. The van der Waals surface area contributed by atoms with Crippen molar-refractivity contribution in [1.82, 2.24) is 14.8 Å². The van der Waals surface area contributed by atoms with Crippen LogP contribution in [0.3, 0.4) is 0 Å². The Morgan fingerprint density at radius 1 is 0.933 bits per heavy atom. The molecule has 2 aromatic heterocycles. The summed E-state index contributed by atoms with van der Waals surface area (Å²) >= 11 is 0. The Morgan fingerprint density at radius 2 is 1.67 bits per heavy atom. The molecule has 6 heteroatoms. The lowest BCUT2D eigenvalue weighted by Gasteiger charge is -2.15. The third kappa shape index (κ3) is 4.38. The number of benzene rings is 2. The van der Waals surface area contributed by atoms with Crippen LogP contribution in [0.5, 0.6) is 5.75 Å². The van der Waals surface area contributed by atoms with Crippen LogP contribution in [0, 0.1) is 0 Å². The van der Waals surface area contributed by atoms with Gasteiger partial charge in [0.15, 0.2) is 6.10 Å². The second-order valence-electron chi connectivity index (χ2n) is 6.91. The van der Waals surface area contributed by atoms with E-state index in [2.05, 4.69) is 15.4 Å². The molecule has 0 aliphatic carbocycles. The molecule has 0 saturated carbocycles. The van der Waals surface area contributed by atoms with Crippen LogP contribution in [0.25, 0.3) is 22.4 Å². The normalized spacial score (nSPS) is 11.7. The highest BCUT2D eigenvalue weighted by molar-refractivity contribution is 5.93. The van der Waals surface area contributed by atoms with Gasteiger partial charge >= 0.3 is 0 Å². The third-order valence-corrected chi connectivity index (χ3v) is 4.77. The summed E-state index contributed by atoms with van der Waals surface area (Å²) in [6, 6.07) is 23.2. The van der Waals surface area contributed by atoms with Gasteiger partial charge in [-0.2, -0.15) is 5.10 Å². The second-order valence-corrected chi connectivity index (χ2v) is 6.91. The van der Waals surface area contributed by atoms with E-state index in [-0.39, 0.29) is 5.91 Å². The summed E-state index contributed by atoms with van der Waals surface area (Å²) in [5.41, 5.74) is 4.11. The van der Waals surface area contributed by atoms with E-state index in [1.165, 1.54) is 0 Å². The van der Waals surface area contributed by atoms with E-state index < -0.39 is 6.10 Å². The first-order valence-electron chi connectivity index (χ1n) is 9.67. The Kier molecular flexibility index (Phi) is 5.57. The maximum absolute atomic E-state index is 12.5. The molecule has 2 heterocycles. The number of hydrogen-bond acceptors (Lipinski definition) is 4. The first-order chi connectivity index (χ1) is 14.6. The van der Waals surface area contributed by atoms with E-state index in [1.807, 2.05) is 78.5 Å². The van der Waals surface area contributed by atoms with Crippen LogP contribution in [0.1, 0.15) is 6.92 Å². The zero-order valence-corrected chi connectivity index (χ0v) is 16.8. The van der Waals surface area contributed by atoms with Gasteiger partial charge in [0, 0.05) is 30.6 Å². The first kappa shape index (κ1) is 19.4. The number of aryl methyl sites for hydroxylation is 1. The van der Waals surface area contributed by atoms with Gasteiger partial charge in [0.05, 0.1) is 5.69 Å². The molecular formula is C24H22N4O2. The van der Waals surface area contributed by atoms with E-state index in [0.29, 0.717) is 11.6 Å². The Morgan fingerprint density at radius 3 is 2.30 bits per heavy atom. The SMILES string of the molecule is CC(Oc1ccc(-c2ccnn2C)cc1)C(=O)Nc1ccc(-c2ccccc2)cn1. The molecule has 150 valence electrons. The van der Waals surface area contributed by atoms with Crippen molar-refractivity contribution in [3.63, 3.8) is 0 Å². The Bertz CT molecular complexity index is 1120. The maximum atomic E-state index is 12.5. The largest absolute Gasteiger partial charge is 0.481 e. The van der Waals surface area contributed by atoms with Crippen molar-refractivity contribution in [2.24, 2.45) is 7.05 Å². The summed E-state index contributed by atoms with van der Waals surface area (Å²) in [5, 5.41) is 6.97. The highest BCUT2D eigenvalue weighted by atomic mass is 16.5. The first-order valence-corrected chi connectivity index (χ1v) is 9.67. The van der Waals surface area contributed by atoms with E-state index >= 15 is 0 Å². The number of pyridine rings is 1. The molecule has 0 radical (unpaired) electrons. The van der Waals surface area contributed by atoms with Crippen molar-refractivity contribution in [2.75, 3.05) is 5.32 Å². The minimum atomic E-state index is -0.664. The van der Waals surface area contributed by atoms with Gasteiger partial charge in [-0.15, -0.1) is 0 Å². The Labute approximate surface area is 175 Å². The molecule has 1 amide bonds. The Hall–Kier alpha value is -3.93. The van der Waals surface area contributed by atoms with Gasteiger partial charge < -0.3 is 10.1 Å². The lowest BCUT2D eigenvalue weighted by Crippen LogP contribution is -2.30. The molecule has 0 saturated heterocycles. The third-order valence-electron chi connectivity index (χ3n) is 4.77. The fraction of sp³-hybridized carbons (Fsp3) is 0.125. The van der Waals surface area contributed by atoms with Crippen LogP contribution in [0.4, 0.5) is 5.82 Å². The van der Waals surface area contributed by atoms with Crippen LogP contribution >= 0.6 is 0 Å². The fourth-order valence-corrected chi connectivity index (χ4v) is 3.12. The van der Waals surface area contributed by atoms with Crippen molar-refractivity contribution >= 4 is 11.7 Å². The van der Waals surface area contributed by atoms with Crippen molar-refractivity contribution in [2.45, 2.75) is 13.0 Å². The van der Waals surface area contributed by atoms with Gasteiger partial charge in [0.25, 0.3) is 5.91 Å². The van der Waals surface area contributed by atoms with E-state index in [9.17, 15) is 4.79 Å². The number of rotatable bonds is 6. The number of amides is 1. The molecule has 30 heavy (non-hydrogen) atoms. The quantitative estimate of drug-likeness (QED) is 0.517. The second kappa shape index (κ2) is 8.61. The molecule has 6 nitrogen and oxygen atoms in total. The van der Waals surface area contributed by atoms with Crippen LogP contribution < -0.4 is 10.1 Å². The van der Waals surface area contributed by atoms with Crippen molar-refractivity contribution in [3.05, 3.63) is 85.2 Å². The molecule has 0 aliphatic heterocycles. The molecule has 0 bridgehead atoms. The number of ether oxygens (including phenoxy) is 1. The maximum Gasteiger partial charge on any atom is 0.266 e. The highest BCUT2D eigenvalue weighted by Gasteiger charge is 2.15. The number of carbonyl (C=O) groups is 1. The minimum Gasteiger partial charge on any atom is -0.481 e. The van der Waals surface area contributed by atoms with Crippen molar-refractivity contribution in [3.8, 4) is 28.1 Å². The average molecular weight is 398 g/mol. The number of nitrogens with zero attached hydrogens (tertiary/aromatic N) is 3. The average Bonchev–Trinajstić information content (AvgIpc) is 3.21. The van der Waals surface area contributed by atoms with E-state index in [0.717, 1.165) is 22.4 Å². The summed E-state index contributed by atoms with van der Waals surface area (Å²) in [5.74, 6) is 0.850. The number of anilines is 1. The van der Waals surface area contributed by atoms with Gasteiger partial charge in [-0.05, 0) is 55.0 Å². The molecular weight excluding hydrogens is 376 g/mol. The monoisotopic (exact) mass is 398 g/mol. The number of nitrogens with one attached hydrogen (secondary N) is 1. The number of aromatic nitrogens is 3. The predicted molar refractivity (Wildman–Crippen MR) is 117 cm³/mol. The van der Waals surface area contributed by atoms with Gasteiger partial charge in [0.2, 0.25) is 0 Å². The molecule has 4 rings (SSSR count). The fourth-order valence-electron chi connectivity index (χ4n) is 3.12. The molecule has 1 N–H and O–H groups in total.